The van der Waals surface area contributed by atoms with Gasteiger partial charge in [0.05, 0.1) is 24.1 Å². The lowest BCUT2D eigenvalue weighted by molar-refractivity contribution is -0.133. The van der Waals surface area contributed by atoms with E-state index in [2.05, 4.69) is 21.1 Å². The third-order valence-electron chi connectivity index (χ3n) is 6.23. The molecule has 0 bridgehead atoms. The second-order valence-electron chi connectivity index (χ2n) is 8.53. The number of anilines is 2. The van der Waals surface area contributed by atoms with Gasteiger partial charge in [0.2, 0.25) is 5.91 Å². The maximum Gasteiger partial charge on any atom is 0.323 e. The summed E-state index contributed by atoms with van der Waals surface area (Å²) in [7, 11) is 3.33. The molecule has 1 aromatic heterocycles. The normalized spacial score (nSPS) is 21.9. The van der Waals surface area contributed by atoms with Crippen LogP contribution in [0.25, 0.3) is 0 Å². The van der Waals surface area contributed by atoms with E-state index in [1.807, 2.05) is 0 Å². The maximum absolute atomic E-state index is 13.3. The van der Waals surface area contributed by atoms with Crippen LogP contribution >= 0.6 is 0 Å². The first-order valence-electron chi connectivity index (χ1n) is 11.2. The van der Waals surface area contributed by atoms with E-state index in [4.69, 9.17) is 14.0 Å². The molecule has 2 aliphatic rings. The number of nitrogens with one attached hydrogen (secondary N) is 3. The fourth-order valence-electron chi connectivity index (χ4n) is 4.35. The van der Waals surface area contributed by atoms with Crippen molar-refractivity contribution in [3.05, 3.63) is 35.2 Å². The van der Waals surface area contributed by atoms with E-state index in [1.54, 1.807) is 51.0 Å². The van der Waals surface area contributed by atoms with Crippen molar-refractivity contribution >= 4 is 29.2 Å². The average molecular weight is 472 g/mol. The molecule has 182 valence electrons. The number of benzene rings is 1. The third-order valence-corrected chi connectivity index (χ3v) is 6.23. The fourth-order valence-corrected chi connectivity index (χ4v) is 4.35. The van der Waals surface area contributed by atoms with Gasteiger partial charge >= 0.3 is 6.03 Å². The minimum absolute atomic E-state index is 0.0802. The highest BCUT2D eigenvalue weighted by Crippen LogP contribution is 2.32. The standard InChI is InChI=1S/C23H29N5O6/c1-12-21(13(2)34-27-12)26-23(31)25-14-5-8-18-16(9-14)22(30)28(4)17-7-6-15(10-20(29)24-3)33-19(17)11-32-18/h5,8-9,15,17,19H,6-7,10-11H2,1-4H3,(H,24,29)(H2,25,26,31)/t15-,17-,19-/m1/s1. The van der Waals surface area contributed by atoms with Crippen LogP contribution in [0.5, 0.6) is 5.75 Å². The van der Waals surface area contributed by atoms with Crippen molar-refractivity contribution in [2.24, 2.45) is 0 Å². The topological polar surface area (TPSA) is 135 Å². The van der Waals surface area contributed by atoms with E-state index in [0.717, 1.165) is 0 Å². The minimum atomic E-state index is -0.482. The molecule has 2 aromatic rings. The van der Waals surface area contributed by atoms with Crippen LogP contribution < -0.4 is 20.7 Å². The number of likely N-dealkylation sites (N-methyl/N-ethyl adjacent to an activating group) is 1. The molecule has 0 aliphatic carbocycles. The lowest BCUT2D eigenvalue weighted by Crippen LogP contribution is -2.53. The zero-order chi connectivity index (χ0) is 24.4. The highest BCUT2D eigenvalue weighted by atomic mass is 16.5. The second-order valence-corrected chi connectivity index (χ2v) is 8.53. The van der Waals surface area contributed by atoms with Crippen molar-refractivity contribution in [3.63, 3.8) is 0 Å². The van der Waals surface area contributed by atoms with Gasteiger partial charge in [-0.15, -0.1) is 0 Å². The van der Waals surface area contributed by atoms with Gasteiger partial charge in [0.1, 0.15) is 29.8 Å². The number of rotatable bonds is 4. The zero-order valence-electron chi connectivity index (χ0n) is 19.6. The van der Waals surface area contributed by atoms with Crippen molar-refractivity contribution < 1.29 is 28.4 Å². The number of carbonyl (C=O) groups excluding carboxylic acids is 3. The highest BCUT2D eigenvalue weighted by Gasteiger charge is 2.39. The Kier molecular flexibility index (Phi) is 6.73. The van der Waals surface area contributed by atoms with Gasteiger partial charge in [-0.1, -0.05) is 5.16 Å². The number of urea groups is 1. The summed E-state index contributed by atoms with van der Waals surface area (Å²) in [5.41, 5.74) is 1.86. The van der Waals surface area contributed by atoms with Crippen LogP contribution in [0.1, 0.15) is 41.1 Å². The number of aryl methyl sites for hydroxylation is 2. The minimum Gasteiger partial charge on any atom is -0.490 e. The molecular formula is C23H29N5O6. The fraction of sp³-hybridized carbons (Fsp3) is 0.478. The van der Waals surface area contributed by atoms with E-state index in [-0.39, 0.29) is 43.1 Å². The van der Waals surface area contributed by atoms with Gasteiger partial charge in [0, 0.05) is 19.8 Å². The monoisotopic (exact) mass is 471 g/mol. The molecule has 3 heterocycles. The molecular weight excluding hydrogens is 442 g/mol. The highest BCUT2D eigenvalue weighted by molar-refractivity contribution is 6.03. The van der Waals surface area contributed by atoms with E-state index >= 15 is 0 Å². The number of carbonyl (C=O) groups is 3. The molecule has 4 amide bonds. The van der Waals surface area contributed by atoms with Crippen LogP contribution in [0, 0.1) is 13.8 Å². The molecule has 1 aromatic carbocycles. The number of nitrogens with zero attached hydrogens (tertiary/aromatic N) is 2. The van der Waals surface area contributed by atoms with E-state index in [1.165, 1.54) is 0 Å². The molecule has 2 aliphatic heterocycles. The summed E-state index contributed by atoms with van der Waals surface area (Å²) in [4.78, 5) is 39.2. The van der Waals surface area contributed by atoms with Crippen LogP contribution in [-0.2, 0) is 9.53 Å². The molecule has 34 heavy (non-hydrogen) atoms. The van der Waals surface area contributed by atoms with Crippen LogP contribution in [0.4, 0.5) is 16.2 Å². The Labute approximate surface area is 197 Å². The zero-order valence-corrected chi connectivity index (χ0v) is 19.6. The van der Waals surface area contributed by atoms with Crippen molar-refractivity contribution in [3.8, 4) is 5.75 Å². The third kappa shape index (κ3) is 4.84. The summed E-state index contributed by atoms with van der Waals surface area (Å²) in [6.45, 7) is 3.68. The Morgan fingerprint density at radius 3 is 2.71 bits per heavy atom. The Bertz CT molecular complexity index is 1080. The van der Waals surface area contributed by atoms with E-state index in [0.29, 0.717) is 47.0 Å². The predicted octanol–water partition coefficient (Wildman–Crippen LogP) is 2.45. The van der Waals surface area contributed by atoms with Crippen molar-refractivity contribution in [1.29, 1.82) is 0 Å². The van der Waals surface area contributed by atoms with Crippen LogP contribution in [0.15, 0.2) is 22.7 Å². The predicted molar refractivity (Wildman–Crippen MR) is 123 cm³/mol. The van der Waals surface area contributed by atoms with Gasteiger partial charge in [-0.05, 0) is 44.9 Å². The molecule has 0 unspecified atom stereocenters. The Hall–Kier alpha value is -3.60. The molecule has 3 atom stereocenters. The molecule has 1 saturated heterocycles. The summed E-state index contributed by atoms with van der Waals surface area (Å²) in [5, 5.41) is 11.9. The molecule has 0 saturated carbocycles. The summed E-state index contributed by atoms with van der Waals surface area (Å²) in [6.07, 6.45) is 1.09. The first kappa shape index (κ1) is 23.6. The van der Waals surface area contributed by atoms with Gasteiger partial charge in [-0.3, -0.25) is 9.59 Å². The molecule has 4 rings (SSSR count). The Balaban J connectivity index is 1.48. The summed E-state index contributed by atoms with van der Waals surface area (Å²) < 4.78 is 17.1. The van der Waals surface area contributed by atoms with Crippen molar-refractivity contribution in [2.45, 2.75) is 51.4 Å². The molecule has 1 fully saturated rings. The Morgan fingerprint density at radius 1 is 1.21 bits per heavy atom. The number of ether oxygens (including phenoxy) is 2. The van der Waals surface area contributed by atoms with Gasteiger partial charge in [-0.2, -0.15) is 0 Å². The molecule has 11 heteroatoms. The maximum atomic E-state index is 13.3. The second kappa shape index (κ2) is 9.72. The molecule has 11 nitrogen and oxygen atoms in total. The number of hydrogen-bond acceptors (Lipinski definition) is 7. The van der Waals surface area contributed by atoms with Crippen LogP contribution in [-0.4, -0.2) is 66.9 Å². The first-order chi connectivity index (χ1) is 16.3. The van der Waals surface area contributed by atoms with E-state index < -0.39 is 6.03 Å². The number of amides is 4. The molecule has 3 N–H and O–H groups in total. The van der Waals surface area contributed by atoms with E-state index in [9.17, 15) is 14.4 Å². The smallest absolute Gasteiger partial charge is 0.323 e. The van der Waals surface area contributed by atoms with Gasteiger partial charge in [-0.25, -0.2) is 4.79 Å². The lowest BCUT2D eigenvalue weighted by Gasteiger charge is -2.42. The van der Waals surface area contributed by atoms with Gasteiger partial charge in [0.15, 0.2) is 5.76 Å². The largest absolute Gasteiger partial charge is 0.490 e. The lowest BCUT2D eigenvalue weighted by atomic mass is 9.94. The van der Waals surface area contributed by atoms with Gasteiger partial charge in [0.25, 0.3) is 5.91 Å². The number of fused-ring (bicyclic) bond motifs is 2. The quantitative estimate of drug-likeness (QED) is 0.623. The number of hydrogen-bond donors (Lipinski definition) is 3. The average Bonchev–Trinajstić information content (AvgIpc) is 3.13. The number of aromatic nitrogens is 1. The summed E-state index contributed by atoms with van der Waals surface area (Å²) >= 11 is 0. The SMILES string of the molecule is CNC(=O)C[C@H]1CC[C@@H]2[C@@H](COc3ccc(NC(=O)Nc4c(C)noc4C)cc3C(=O)N2C)O1. The van der Waals surface area contributed by atoms with Crippen LogP contribution in [0.3, 0.4) is 0 Å². The first-order valence-corrected chi connectivity index (χ1v) is 11.2. The summed E-state index contributed by atoms with van der Waals surface area (Å²) in [5.74, 6) is 0.595. The van der Waals surface area contributed by atoms with Gasteiger partial charge < -0.3 is 34.8 Å². The Morgan fingerprint density at radius 2 is 2.00 bits per heavy atom. The molecule has 0 spiro atoms. The van der Waals surface area contributed by atoms with Crippen molar-refractivity contribution in [1.82, 2.24) is 15.4 Å². The summed E-state index contributed by atoms with van der Waals surface area (Å²) in [6, 6.07) is 4.25. The van der Waals surface area contributed by atoms with Crippen LogP contribution in [0.2, 0.25) is 0 Å². The van der Waals surface area contributed by atoms with Crippen molar-refractivity contribution in [2.75, 3.05) is 31.3 Å². The molecule has 0 radical (unpaired) electrons.